The van der Waals surface area contributed by atoms with Crippen LogP contribution >= 0.6 is 0 Å². The molecule has 0 spiro atoms. The molecule has 10 heavy (non-hydrogen) atoms. The lowest BCUT2D eigenvalue weighted by Crippen LogP contribution is -1.93. The molecular weight excluding hydrogens is 132 g/mol. The van der Waals surface area contributed by atoms with Crippen LogP contribution in [0.25, 0.3) is 0 Å². The molecule has 1 heterocycles. The van der Waals surface area contributed by atoms with Crippen molar-refractivity contribution >= 4 is 0 Å². The lowest BCUT2D eigenvalue weighted by Gasteiger charge is -2.04. The van der Waals surface area contributed by atoms with E-state index in [1.165, 1.54) is 0 Å². The van der Waals surface area contributed by atoms with Gasteiger partial charge in [-0.1, -0.05) is 0 Å². The van der Waals surface area contributed by atoms with E-state index in [0.29, 0.717) is 5.56 Å². The monoisotopic (exact) mass is 142 g/mol. The van der Waals surface area contributed by atoms with Crippen LogP contribution in [0, 0.1) is 0 Å². The minimum Gasteiger partial charge on any atom is -0.492 e. The van der Waals surface area contributed by atoms with E-state index >= 15 is 0 Å². The summed E-state index contributed by atoms with van der Waals surface area (Å²) >= 11 is 0. The van der Waals surface area contributed by atoms with Gasteiger partial charge in [-0.15, -0.1) is 5.10 Å². The molecule has 2 N–H and O–H groups in total. The van der Waals surface area contributed by atoms with Gasteiger partial charge in [-0.3, -0.25) is 5.10 Å². The van der Waals surface area contributed by atoms with Gasteiger partial charge in [0.05, 0.1) is 11.7 Å². The maximum Gasteiger partial charge on any atom is 0.235 e. The highest BCUT2D eigenvalue weighted by Gasteiger charge is 2.10. The number of aromatic hydroxyl groups is 1. The van der Waals surface area contributed by atoms with Gasteiger partial charge in [0.1, 0.15) is 0 Å². The summed E-state index contributed by atoms with van der Waals surface area (Å²) in [6, 6.07) is 0. The van der Waals surface area contributed by atoms with E-state index < -0.39 is 0 Å². The Kier molecular flexibility index (Phi) is 1.91. The summed E-state index contributed by atoms with van der Waals surface area (Å²) < 4.78 is 4.96. The molecule has 0 aliphatic heterocycles. The Morgan fingerprint density at radius 2 is 2.50 bits per heavy atom. The number of hydrogen-bond donors (Lipinski definition) is 2. The summed E-state index contributed by atoms with van der Waals surface area (Å²) in [7, 11) is 1.58. The number of hydrogen-bond acceptors (Lipinski definition) is 3. The van der Waals surface area contributed by atoms with Crippen molar-refractivity contribution in [3.63, 3.8) is 0 Å². The molecule has 0 saturated carbocycles. The molecule has 0 saturated heterocycles. The van der Waals surface area contributed by atoms with Crippen LogP contribution in [0.3, 0.4) is 0 Å². The highest BCUT2D eigenvalue weighted by Crippen LogP contribution is 2.22. The lowest BCUT2D eigenvalue weighted by molar-refractivity contribution is 0.117. The number of rotatable bonds is 2. The van der Waals surface area contributed by atoms with Gasteiger partial charge in [0.25, 0.3) is 0 Å². The van der Waals surface area contributed by atoms with Crippen molar-refractivity contribution < 1.29 is 9.84 Å². The zero-order valence-corrected chi connectivity index (χ0v) is 5.96. The van der Waals surface area contributed by atoms with Gasteiger partial charge in [-0.2, -0.15) is 0 Å². The van der Waals surface area contributed by atoms with Crippen molar-refractivity contribution in [1.29, 1.82) is 0 Å². The predicted octanol–water partition coefficient (Wildman–Crippen LogP) is 0.823. The minimum absolute atomic E-state index is 0.00866. The number of nitrogens with one attached hydrogen (secondary N) is 1. The number of aromatic amines is 1. The maximum atomic E-state index is 9.03. The van der Waals surface area contributed by atoms with Crippen LogP contribution in [-0.4, -0.2) is 22.4 Å². The summed E-state index contributed by atoms with van der Waals surface area (Å²) in [6.45, 7) is 1.84. The number of H-pyrrole nitrogens is 1. The third kappa shape index (κ3) is 1.11. The van der Waals surface area contributed by atoms with Crippen LogP contribution in [0.5, 0.6) is 5.88 Å². The number of methoxy groups -OCH3 is 1. The third-order valence-corrected chi connectivity index (χ3v) is 1.44. The first-order valence-corrected chi connectivity index (χ1v) is 3.01. The lowest BCUT2D eigenvalue weighted by atomic mass is 10.2. The van der Waals surface area contributed by atoms with Crippen molar-refractivity contribution in [2.45, 2.75) is 13.0 Å². The SMILES string of the molecule is COC(C)c1c[nH]nc1O. The average Bonchev–Trinajstić information content (AvgIpc) is 2.34. The fourth-order valence-electron chi connectivity index (χ4n) is 0.718. The molecular formula is C6H10N2O2. The fraction of sp³-hybridized carbons (Fsp3) is 0.500. The Bertz CT molecular complexity index is 209. The van der Waals surface area contributed by atoms with Crippen LogP contribution in [-0.2, 0) is 4.74 Å². The Morgan fingerprint density at radius 1 is 1.80 bits per heavy atom. The first-order valence-electron chi connectivity index (χ1n) is 3.01. The quantitative estimate of drug-likeness (QED) is 0.642. The van der Waals surface area contributed by atoms with Gasteiger partial charge in [0.15, 0.2) is 0 Å². The first-order chi connectivity index (χ1) is 4.75. The topological polar surface area (TPSA) is 58.1 Å². The molecule has 1 rings (SSSR count). The van der Waals surface area contributed by atoms with Crippen molar-refractivity contribution in [1.82, 2.24) is 10.2 Å². The molecule has 4 nitrogen and oxygen atoms in total. The smallest absolute Gasteiger partial charge is 0.235 e. The van der Waals surface area contributed by atoms with Gasteiger partial charge >= 0.3 is 0 Å². The van der Waals surface area contributed by atoms with Gasteiger partial charge in [0.2, 0.25) is 5.88 Å². The average molecular weight is 142 g/mol. The molecule has 0 radical (unpaired) electrons. The van der Waals surface area contributed by atoms with E-state index in [0.717, 1.165) is 0 Å². The highest BCUT2D eigenvalue weighted by atomic mass is 16.5. The molecule has 1 unspecified atom stereocenters. The van der Waals surface area contributed by atoms with E-state index in [9.17, 15) is 0 Å². The van der Waals surface area contributed by atoms with E-state index in [2.05, 4.69) is 10.2 Å². The standard InChI is InChI=1S/C6H10N2O2/c1-4(10-2)5-3-7-8-6(5)9/h3-4H,1-2H3,(H2,7,8,9). The van der Waals surface area contributed by atoms with E-state index in [-0.39, 0.29) is 12.0 Å². The van der Waals surface area contributed by atoms with Gasteiger partial charge < -0.3 is 9.84 Å². The molecule has 0 amide bonds. The molecule has 4 heteroatoms. The fourth-order valence-corrected chi connectivity index (χ4v) is 0.718. The van der Waals surface area contributed by atoms with Crippen molar-refractivity contribution in [2.75, 3.05) is 7.11 Å². The normalized spacial score (nSPS) is 13.4. The second-order valence-corrected chi connectivity index (χ2v) is 2.04. The summed E-state index contributed by atoms with van der Waals surface area (Å²) in [5.41, 5.74) is 0.683. The molecule has 56 valence electrons. The zero-order valence-electron chi connectivity index (χ0n) is 5.96. The Labute approximate surface area is 58.8 Å². The van der Waals surface area contributed by atoms with E-state index in [1.54, 1.807) is 13.3 Å². The molecule has 1 atom stereocenters. The van der Waals surface area contributed by atoms with Crippen molar-refractivity contribution in [3.05, 3.63) is 11.8 Å². The Hall–Kier alpha value is -1.03. The zero-order chi connectivity index (χ0) is 7.56. The Balaban J connectivity index is 2.82. The van der Waals surface area contributed by atoms with Gasteiger partial charge in [0, 0.05) is 13.3 Å². The van der Waals surface area contributed by atoms with E-state index in [4.69, 9.17) is 9.84 Å². The molecule has 0 fully saturated rings. The van der Waals surface area contributed by atoms with E-state index in [1.807, 2.05) is 6.92 Å². The summed E-state index contributed by atoms with van der Waals surface area (Å²) in [5.74, 6) is 0.00866. The predicted molar refractivity (Wildman–Crippen MR) is 35.7 cm³/mol. The number of nitrogens with zero attached hydrogens (tertiary/aromatic N) is 1. The minimum atomic E-state index is -0.112. The van der Waals surface area contributed by atoms with Gasteiger partial charge in [-0.05, 0) is 6.92 Å². The van der Waals surface area contributed by atoms with Crippen molar-refractivity contribution in [3.8, 4) is 5.88 Å². The molecule has 1 aromatic heterocycles. The molecule has 1 aromatic rings. The second kappa shape index (κ2) is 2.70. The largest absolute Gasteiger partial charge is 0.492 e. The van der Waals surface area contributed by atoms with Crippen molar-refractivity contribution in [2.24, 2.45) is 0 Å². The first kappa shape index (κ1) is 7.08. The molecule has 0 aliphatic carbocycles. The highest BCUT2D eigenvalue weighted by molar-refractivity contribution is 5.22. The molecule has 0 aromatic carbocycles. The third-order valence-electron chi connectivity index (χ3n) is 1.44. The Morgan fingerprint density at radius 3 is 2.90 bits per heavy atom. The summed E-state index contributed by atoms with van der Waals surface area (Å²) in [6.07, 6.45) is 1.50. The maximum absolute atomic E-state index is 9.03. The van der Waals surface area contributed by atoms with Crippen LogP contribution in [0.4, 0.5) is 0 Å². The summed E-state index contributed by atoms with van der Waals surface area (Å²) in [4.78, 5) is 0. The number of ether oxygens (including phenoxy) is 1. The van der Waals surface area contributed by atoms with Crippen LogP contribution < -0.4 is 0 Å². The van der Waals surface area contributed by atoms with Crippen LogP contribution in [0.15, 0.2) is 6.20 Å². The summed E-state index contributed by atoms with van der Waals surface area (Å²) in [5, 5.41) is 15.1. The molecule has 0 aliphatic rings. The van der Waals surface area contributed by atoms with Crippen LogP contribution in [0.1, 0.15) is 18.6 Å². The number of aromatic nitrogens is 2. The van der Waals surface area contributed by atoms with Crippen LogP contribution in [0.2, 0.25) is 0 Å². The van der Waals surface area contributed by atoms with Gasteiger partial charge in [-0.25, -0.2) is 0 Å². The second-order valence-electron chi connectivity index (χ2n) is 2.04. The molecule has 0 bridgehead atoms.